The predicted octanol–water partition coefficient (Wildman–Crippen LogP) is 2.98. The lowest BCUT2D eigenvalue weighted by Gasteiger charge is -2.26. The Morgan fingerprint density at radius 1 is 1.38 bits per heavy atom. The molecule has 6 heteroatoms. The van der Waals surface area contributed by atoms with E-state index in [-0.39, 0.29) is 5.41 Å². The standard InChI is InChI=1S/C15H26N2O2S2/c1-11-14(8-13(20-11)9-16-12-6-7-12)21(18,19)17(5)10-15(2,3)4/h8,12,16H,6-7,9-10H2,1-5H3. The minimum Gasteiger partial charge on any atom is -0.309 e. The van der Waals surface area contributed by atoms with E-state index in [1.54, 1.807) is 18.4 Å². The Morgan fingerprint density at radius 2 is 2.00 bits per heavy atom. The van der Waals surface area contributed by atoms with E-state index in [1.165, 1.54) is 17.1 Å². The summed E-state index contributed by atoms with van der Waals surface area (Å²) >= 11 is 1.58. The molecule has 0 atom stereocenters. The van der Waals surface area contributed by atoms with Crippen LogP contribution in [0.5, 0.6) is 0 Å². The van der Waals surface area contributed by atoms with E-state index in [0.717, 1.165) is 16.3 Å². The van der Waals surface area contributed by atoms with Crippen molar-refractivity contribution in [2.75, 3.05) is 13.6 Å². The maximum atomic E-state index is 12.7. The molecule has 1 aromatic heterocycles. The summed E-state index contributed by atoms with van der Waals surface area (Å²) < 4.78 is 26.9. The lowest BCUT2D eigenvalue weighted by atomic mass is 9.97. The van der Waals surface area contributed by atoms with Crippen molar-refractivity contribution in [2.45, 2.75) is 58.0 Å². The summed E-state index contributed by atoms with van der Waals surface area (Å²) in [5.41, 5.74) is -0.0535. The van der Waals surface area contributed by atoms with Crippen LogP contribution < -0.4 is 5.32 Å². The molecule has 0 spiro atoms. The number of thiophene rings is 1. The lowest BCUT2D eigenvalue weighted by molar-refractivity contribution is 0.311. The molecule has 0 radical (unpaired) electrons. The highest BCUT2D eigenvalue weighted by atomic mass is 32.2. The quantitative estimate of drug-likeness (QED) is 0.872. The first-order valence-corrected chi connectivity index (χ1v) is 9.64. The van der Waals surface area contributed by atoms with Crippen molar-refractivity contribution in [3.05, 3.63) is 15.8 Å². The van der Waals surface area contributed by atoms with E-state index in [4.69, 9.17) is 0 Å². The first kappa shape index (κ1) is 16.9. The molecule has 4 nitrogen and oxygen atoms in total. The number of rotatable bonds is 6. The summed E-state index contributed by atoms with van der Waals surface area (Å²) in [6.07, 6.45) is 2.48. The smallest absolute Gasteiger partial charge is 0.243 e. The van der Waals surface area contributed by atoms with Crippen LogP contribution in [0, 0.1) is 12.3 Å². The molecular formula is C15H26N2O2S2. The topological polar surface area (TPSA) is 49.4 Å². The molecule has 2 rings (SSSR count). The Morgan fingerprint density at radius 3 is 2.52 bits per heavy atom. The van der Waals surface area contributed by atoms with Gasteiger partial charge in [-0.1, -0.05) is 20.8 Å². The van der Waals surface area contributed by atoms with Gasteiger partial charge < -0.3 is 5.32 Å². The number of nitrogens with zero attached hydrogens (tertiary/aromatic N) is 1. The molecule has 0 aromatic carbocycles. The Bertz CT molecular complexity index is 596. The fourth-order valence-electron chi connectivity index (χ4n) is 2.32. The van der Waals surface area contributed by atoms with Gasteiger partial charge in [0, 0.05) is 35.9 Å². The van der Waals surface area contributed by atoms with Crippen molar-refractivity contribution in [2.24, 2.45) is 5.41 Å². The summed E-state index contributed by atoms with van der Waals surface area (Å²) in [5, 5.41) is 3.43. The van der Waals surface area contributed by atoms with Crippen molar-refractivity contribution in [1.82, 2.24) is 9.62 Å². The van der Waals surface area contributed by atoms with E-state index in [0.29, 0.717) is 17.5 Å². The normalized spacial score (nSPS) is 16.7. The van der Waals surface area contributed by atoms with E-state index in [9.17, 15) is 8.42 Å². The van der Waals surface area contributed by atoms with Gasteiger partial charge >= 0.3 is 0 Å². The van der Waals surface area contributed by atoms with Crippen LogP contribution in [0.25, 0.3) is 0 Å². The van der Waals surface area contributed by atoms with Gasteiger partial charge in [0.15, 0.2) is 0 Å². The van der Waals surface area contributed by atoms with Crippen molar-refractivity contribution >= 4 is 21.4 Å². The fraction of sp³-hybridized carbons (Fsp3) is 0.733. The third-order valence-electron chi connectivity index (χ3n) is 3.45. The first-order valence-electron chi connectivity index (χ1n) is 7.38. The van der Waals surface area contributed by atoms with Crippen LogP contribution in [0.3, 0.4) is 0 Å². The fourth-order valence-corrected chi connectivity index (χ4v) is 5.27. The number of nitrogens with one attached hydrogen (secondary N) is 1. The molecule has 1 fully saturated rings. The second kappa shape index (κ2) is 5.99. The molecular weight excluding hydrogens is 304 g/mol. The first-order chi connectivity index (χ1) is 9.59. The van der Waals surface area contributed by atoms with Gasteiger partial charge in [-0.2, -0.15) is 0 Å². The molecule has 0 bridgehead atoms. The Hall–Kier alpha value is -0.430. The van der Waals surface area contributed by atoms with Crippen LogP contribution in [0.15, 0.2) is 11.0 Å². The van der Waals surface area contributed by atoms with Gasteiger partial charge in [-0.15, -0.1) is 11.3 Å². The highest BCUT2D eigenvalue weighted by Gasteiger charge is 2.28. The lowest BCUT2D eigenvalue weighted by Crippen LogP contribution is -2.34. The summed E-state index contributed by atoms with van der Waals surface area (Å²) in [6, 6.07) is 2.47. The van der Waals surface area contributed by atoms with Crippen molar-refractivity contribution < 1.29 is 8.42 Å². The van der Waals surface area contributed by atoms with Crippen LogP contribution in [0.1, 0.15) is 43.4 Å². The average Bonchev–Trinajstić information content (AvgIpc) is 3.07. The van der Waals surface area contributed by atoms with Crippen LogP contribution in [0.2, 0.25) is 0 Å². The van der Waals surface area contributed by atoms with Crippen molar-refractivity contribution in [3.8, 4) is 0 Å². The maximum Gasteiger partial charge on any atom is 0.243 e. The van der Waals surface area contributed by atoms with Crippen LogP contribution >= 0.6 is 11.3 Å². The minimum atomic E-state index is -3.39. The molecule has 1 saturated carbocycles. The van der Waals surface area contributed by atoms with E-state index in [1.807, 2.05) is 33.8 Å². The van der Waals surface area contributed by atoms with Crippen LogP contribution in [-0.2, 0) is 16.6 Å². The molecule has 120 valence electrons. The second-order valence-electron chi connectivity index (χ2n) is 7.11. The van der Waals surface area contributed by atoms with Gasteiger partial charge in [-0.05, 0) is 31.2 Å². The maximum absolute atomic E-state index is 12.7. The van der Waals surface area contributed by atoms with Crippen molar-refractivity contribution in [3.63, 3.8) is 0 Å². The second-order valence-corrected chi connectivity index (χ2v) is 10.5. The third kappa shape index (κ3) is 4.52. The number of hydrogen-bond donors (Lipinski definition) is 1. The number of sulfonamides is 1. The van der Waals surface area contributed by atoms with Gasteiger partial charge in [0.1, 0.15) is 0 Å². The zero-order valence-corrected chi connectivity index (χ0v) is 15.2. The van der Waals surface area contributed by atoms with E-state index >= 15 is 0 Å². The zero-order chi connectivity index (χ0) is 15.8. The Labute approximate surface area is 132 Å². The predicted molar refractivity (Wildman–Crippen MR) is 88.2 cm³/mol. The molecule has 1 heterocycles. The zero-order valence-electron chi connectivity index (χ0n) is 13.6. The number of aryl methyl sites for hydroxylation is 1. The van der Waals surface area contributed by atoms with Crippen molar-refractivity contribution in [1.29, 1.82) is 0 Å². The van der Waals surface area contributed by atoms with E-state index in [2.05, 4.69) is 5.32 Å². The highest BCUT2D eigenvalue weighted by molar-refractivity contribution is 7.89. The molecule has 0 amide bonds. The third-order valence-corrected chi connectivity index (χ3v) is 6.56. The largest absolute Gasteiger partial charge is 0.309 e. The summed E-state index contributed by atoms with van der Waals surface area (Å²) in [6.45, 7) is 9.32. The molecule has 1 aliphatic rings. The summed E-state index contributed by atoms with van der Waals surface area (Å²) in [4.78, 5) is 2.44. The molecule has 1 aromatic rings. The van der Waals surface area contributed by atoms with Gasteiger partial charge in [0.05, 0.1) is 4.90 Å². The molecule has 1 N–H and O–H groups in total. The Balaban J connectivity index is 2.14. The van der Waals surface area contributed by atoms with Gasteiger partial charge in [-0.25, -0.2) is 12.7 Å². The molecule has 1 aliphatic carbocycles. The molecule has 0 unspecified atom stereocenters. The summed E-state index contributed by atoms with van der Waals surface area (Å²) in [5.74, 6) is 0. The van der Waals surface area contributed by atoms with Gasteiger partial charge in [0.25, 0.3) is 0 Å². The molecule has 21 heavy (non-hydrogen) atoms. The summed E-state index contributed by atoms with van der Waals surface area (Å²) in [7, 11) is -1.72. The Kier molecular flexibility index (Phi) is 4.83. The number of hydrogen-bond acceptors (Lipinski definition) is 4. The van der Waals surface area contributed by atoms with Crippen LogP contribution in [-0.4, -0.2) is 32.4 Å². The SMILES string of the molecule is Cc1sc(CNC2CC2)cc1S(=O)(=O)N(C)CC(C)(C)C. The monoisotopic (exact) mass is 330 g/mol. The minimum absolute atomic E-state index is 0.0535. The van der Waals surface area contributed by atoms with Gasteiger partial charge in [0.2, 0.25) is 10.0 Å². The molecule has 0 saturated heterocycles. The average molecular weight is 331 g/mol. The van der Waals surface area contributed by atoms with Gasteiger partial charge in [-0.3, -0.25) is 0 Å². The van der Waals surface area contributed by atoms with E-state index < -0.39 is 10.0 Å². The molecule has 0 aliphatic heterocycles. The highest BCUT2D eigenvalue weighted by Crippen LogP contribution is 2.30. The van der Waals surface area contributed by atoms with Crippen LogP contribution in [0.4, 0.5) is 0 Å².